The van der Waals surface area contributed by atoms with Crippen LogP contribution in [0.15, 0.2) is 18.2 Å². The van der Waals surface area contributed by atoms with Crippen molar-refractivity contribution in [2.75, 3.05) is 18.9 Å². The number of nitrogens with zero attached hydrogens (tertiary/aromatic N) is 1. The second-order valence-electron chi connectivity index (χ2n) is 4.33. The summed E-state index contributed by atoms with van der Waals surface area (Å²) in [5, 5.41) is 2.80. The van der Waals surface area contributed by atoms with Crippen molar-refractivity contribution in [2.45, 2.75) is 32.8 Å². The first-order chi connectivity index (χ1) is 8.59. The molecule has 0 unspecified atom stereocenters. The van der Waals surface area contributed by atoms with Gasteiger partial charge in [-0.05, 0) is 38.8 Å². The molecule has 0 radical (unpaired) electrons. The molecule has 0 saturated carbocycles. The van der Waals surface area contributed by atoms with E-state index in [4.69, 9.17) is 10.5 Å². The number of nitrogens with two attached hydrogens (primary N) is 1. The van der Waals surface area contributed by atoms with Gasteiger partial charge >= 0.3 is 0 Å². The largest absolute Gasteiger partial charge is 0.384 e. The molecule has 1 aromatic heterocycles. The Balaban J connectivity index is 2.18. The highest BCUT2D eigenvalue weighted by Gasteiger charge is 2.05. The molecule has 0 aromatic carbocycles. The number of hydrogen-bond donors (Lipinski definition) is 2. The Bertz CT molecular complexity index is 380. The number of pyridine rings is 1. The monoisotopic (exact) mass is 251 g/mol. The number of carbonyl (C=O) groups excluding carboxylic acids is 1. The highest BCUT2D eigenvalue weighted by atomic mass is 16.5. The van der Waals surface area contributed by atoms with E-state index in [-0.39, 0.29) is 12.0 Å². The lowest BCUT2D eigenvalue weighted by molar-refractivity contribution is 0.0754. The third-order valence-corrected chi connectivity index (χ3v) is 2.31. The van der Waals surface area contributed by atoms with Gasteiger partial charge in [-0.3, -0.25) is 4.79 Å². The molecule has 100 valence electrons. The quantitative estimate of drug-likeness (QED) is 0.722. The molecule has 3 N–H and O–H groups in total. The number of hydrogen-bond acceptors (Lipinski definition) is 4. The molecule has 0 atom stereocenters. The van der Waals surface area contributed by atoms with Crippen molar-refractivity contribution >= 4 is 11.7 Å². The lowest BCUT2D eigenvalue weighted by Gasteiger charge is -2.07. The number of carbonyl (C=O) groups is 1. The number of amides is 1. The summed E-state index contributed by atoms with van der Waals surface area (Å²) in [5.74, 6) is 0.167. The van der Waals surface area contributed by atoms with Crippen LogP contribution in [0.5, 0.6) is 0 Å². The van der Waals surface area contributed by atoms with Gasteiger partial charge in [0.15, 0.2) is 0 Å². The summed E-state index contributed by atoms with van der Waals surface area (Å²) >= 11 is 0. The molecular weight excluding hydrogens is 230 g/mol. The maximum atomic E-state index is 11.7. The van der Waals surface area contributed by atoms with Crippen LogP contribution in [-0.2, 0) is 4.74 Å². The first kappa shape index (κ1) is 14.4. The lowest BCUT2D eigenvalue weighted by atomic mass is 10.3. The summed E-state index contributed by atoms with van der Waals surface area (Å²) in [5.41, 5.74) is 5.87. The maximum Gasteiger partial charge on any atom is 0.269 e. The minimum absolute atomic E-state index is 0.188. The molecule has 0 spiro atoms. The number of nitrogen functional groups attached to an aromatic ring is 1. The van der Waals surface area contributed by atoms with E-state index in [1.54, 1.807) is 18.2 Å². The van der Waals surface area contributed by atoms with Crippen LogP contribution in [-0.4, -0.2) is 30.1 Å². The highest BCUT2D eigenvalue weighted by Crippen LogP contribution is 2.00. The van der Waals surface area contributed by atoms with E-state index in [0.29, 0.717) is 18.1 Å². The molecule has 5 nitrogen and oxygen atoms in total. The average molecular weight is 251 g/mol. The van der Waals surface area contributed by atoms with Crippen molar-refractivity contribution in [3.63, 3.8) is 0 Å². The molecule has 0 aliphatic rings. The van der Waals surface area contributed by atoms with Crippen molar-refractivity contribution in [3.05, 3.63) is 23.9 Å². The van der Waals surface area contributed by atoms with Gasteiger partial charge in [-0.2, -0.15) is 0 Å². The summed E-state index contributed by atoms with van der Waals surface area (Å²) in [6.45, 7) is 5.36. The normalized spacial score (nSPS) is 10.6. The van der Waals surface area contributed by atoms with Gasteiger partial charge in [0.05, 0.1) is 6.10 Å². The van der Waals surface area contributed by atoms with Gasteiger partial charge in [0.25, 0.3) is 5.91 Å². The molecule has 0 fully saturated rings. The van der Waals surface area contributed by atoms with E-state index in [9.17, 15) is 4.79 Å². The highest BCUT2D eigenvalue weighted by molar-refractivity contribution is 5.92. The van der Waals surface area contributed by atoms with E-state index >= 15 is 0 Å². The molecule has 0 aliphatic carbocycles. The topological polar surface area (TPSA) is 77.2 Å². The summed E-state index contributed by atoms with van der Waals surface area (Å²) in [6.07, 6.45) is 2.08. The summed E-state index contributed by atoms with van der Waals surface area (Å²) in [4.78, 5) is 15.6. The van der Waals surface area contributed by atoms with Gasteiger partial charge in [0.1, 0.15) is 11.5 Å². The molecule has 0 bridgehead atoms. The van der Waals surface area contributed by atoms with Crippen LogP contribution in [0.1, 0.15) is 37.2 Å². The fraction of sp³-hybridized carbons (Fsp3) is 0.538. The Morgan fingerprint density at radius 1 is 1.44 bits per heavy atom. The van der Waals surface area contributed by atoms with Crippen LogP contribution in [0.25, 0.3) is 0 Å². The molecule has 0 aliphatic heterocycles. The number of ether oxygens (including phenoxy) is 1. The van der Waals surface area contributed by atoms with Crippen molar-refractivity contribution < 1.29 is 9.53 Å². The van der Waals surface area contributed by atoms with E-state index in [1.807, 2.05) is 13.8 Å². The standard InChI is InChI=1S/C13H21N3O2/c1-10(2)18-9-4-3-8-15-13(17)11-6-5-7-12(14)16-11/h5-7,10H,3-4,8-9H2,1-2H3,(H2,14,16)(H,15,17). The molecule has 18 heavy (non-hydrogen) atoms. The van der Waals surface area contributed by atoms with Crippen molar-refractivity contribution in [1.29, 1.82) is 0 Å². The molecular formula is C13H21N3O2. The third-order valence-electron chi connectivity index (χ3n) is 2.31. The van der Waals surface area contributed by atoms with Crippen LogP contribution in [0.2, 0.25) is 0 Å². The van der Waals surface area contributed by atoms with Gasteiger partial charge in [-0.25, -0.2) is 4.98 Å². The molecule has 1 rings (SSSR count). The predicted molar refractivity (Wildman–Crippen MR) is 71.3 cm³/mol. The Labute approximate surface area is 108 Å². The minimum atomic E-state index is -0.188. The number of anilines is 1. The average Bonchev–Trinajstić information content (AvgIpc) is 2.33. The molecule has 5 heteroatoms. The van der Waals surface area contributed by atoms with Crippen LogP contribution >= 0.6 is 0 Å². The summed E-state index contributed by atoms with van der Waals surface area (Å²) < 4.78 is 5.41. The number of nitrogens with one attached hydrogen (secondary N) is 1. The van der Waals surface area contributed by atoms with E-state index in [1.165, 1.54) is 0 Å². The Hall–Kier alpha value is -1.62. The van der Waals surface area contributed by atoms with Crippen molar-refractivity contribution in [1.82, 2.24) is 10.3 Å². The van der Waals surface area contributed by atoms with Crippen LogP contribution < -0.4 is 11.1 Å². The summed E-state index contributed by atoms with van der Waals surface area (Å²) in [6, 6.07) is 5.02. The molecule has 1 aromatic rings. The Morgan fingerprint density at radius 3 is 2.89 bits per heavy atom. The fourth-order valence-corrected chi connectivity index (χ4v) is 1.42. The second-order valence-corrected chi connectivity index (χ2v) is 4.33. The van der Waals surface area contributed by atoms with Gasteiger partial charge < -0.3 is 15.8 Å². The zero-order chi connectivity index (χ0) is 13.4. The first-order valence-electron chi connectivity index (χ1n) is 6.22. The maximum absolute atomic E-state index is 11.7. The first-order valence-corrected chi connectivity index (χ1v) is 6.22. The molecule has 1 heterocycles. The van der Waals surface area contributed by atoms with Crippen LogP contribution in [0.3, 0.4) is 0 Å². The lowest BCUT2D eigenvalue weighted by Crippen LogP contribution is -2.25. The van der Waals surface area contributed by atoms with Crippen molar-refractivity contribution in [2.24, 2.45) is 0 Å². The SMILES string of the molecule is CC(C)OCCCCNC(=O)c1cccc(N)n1. The van der Waals surface area contributed by atoms with E-state index < -0.39 is 0 Å². The number of unbranched alkanes of at least 4 members (excludes halogenated alkanes) is 1. The Kier molecular flexibility index (Phi) is 6.14. The van der Waals surface area contributed by atoms with Gasteiger partial charge in [0.2, 0.25) is 0 Å². The van der Waals surface area contributed by atoms with Crippen molar-refractivity contribution in [3.8, 4) is 0 Å². The second kappa shape index (κ2) is 7.66. The van der Waals surface area contributed by atoms with Gasteiger partial charge in [-0.15, -0.1) is 0 Å². The van der Waals surface area contributed by atoms with E-state index in [2.05, 4.69) is 10.3 Å². The number of aromatic nitrogens is 1. The molecule has 0 saturated heterocycles. The van der Waals surface area contributed by atoms with Crippen LogP contribution in [0, 0.1) is 0 Å². The predicted octanol–water partition coefficient (Wildman–Crippen LogP) is 1.60. The third kappa shape index (κ3) is 5.63. The fourth-order valence-electron chi connectivity index (χ4n) is 1.42. The zero-order valence-electron chi connectivity index (χ0n) is 11.0. The van der Waals surface area contributed by atoms with E-state index in [0.717, 1.165) is 19.4 Å². The van der Waals surface area contributed by atoms with Gasteiger partial charge in [0, 0.05) is 13.2 Å². The molecule has 1 amide bonds. The smallest absolute Gasteiger partial charge is 0.269 e. The Morgan fingerprint density at radius 2 is 2.22 bits per heavy atom. The number of rotatable bonds is 7. The van der Waals surface area contributed by atoms with Gasteiger partial charge in [-0.1, -0.05) is 6.07 Å². The minimum Gasteiger partial charge on any atom is -0.384 e. The van der Waals surface area contributed by atoms with Crippen LogP contribution in [0.4, 0.5) is 5.82 Å². The zero-order valence-corrected chi connectivity index (χ0v) is 11.0. The summed E-state index contributed by atoms with van der Waals surface area (Å²) in [7, 11) is 0.